The monoisotopic (exact) mass is 326 g/mol. The first-order chi connectivity index (χ1) is 9.08. The molecule has 0 atom stereocenters. The molecule has 4 heteroatoms. The summed E-state index contributed by atoms with van der Waals surface area (Å²) in [6, 6.07) is 5.69. The lowest BCUT2D eigenvalue weighted by Crippen LogP contribution is -2.41. The molecule has 0 N–H and O–H groups in total. The average Bonchev–Trinajstić information content (AvgIpc) is 2.36. The van der Waals surface area contributed by atoms with Crippen molar-refractivity contribution in [2.45, 2.75) is 37.7 Å². The predicted octanol–water partition coefficient (Wildman–Crippen LogP) is 3.53. The molecule has 0 unspecified atom stereocenters. The topological polar surface area (TPSA) is 35.5 Å². The Morgan fingerprint density at radius 3 is 2.63 bits per heavy atom. The number of carbonyl (C=O) groups excluding carboxylic acids is 1. The van der Waals surface area contributed by atoms with Gasteiger partial charge >= 0.3 is 0 Å². The van der Waals surface area contributed by atoms with Crippen LogP contribution < -0.4 is 4.74 Å². The molecule has 1 saturated carbocycles. The highest BCUT2D eigenvalue weighted by Crippen LogP contribution is 2.38. The summed E-state index contributed by atoms with van der Waals surface area (Å²) in [4.78, 5) is 12.2. The minimum absolute atomic E-state index is 0.192. The van der Waals surface area contributed by atoms with Crippen molar-refractivity contribution >= 4 is 21.7 Å². The molecule has 1 aromatic carbocycles. The van der Waals surface area contributed by atoms with Crippen molar-refractivity contribution in [3.05, 3.63) is 28.2 Å². The lowest BCUT2D eigenvalue weighted by molar-refractivity contribution is -0.131. The third-order valence-electron chi connectivity index (χ3n) is 3.86. The average molecular weight is 327 g/mol. The largest absolute Gasteiger partial charge is 0.497 e. The van der Waals surface area contributed by atoms with Crippen LogP contribution in [0.3, 0.4) is 0 Å². The summed E-state index contributed by atoms with van der Waals surface area (Å²) < 4.78 is 11.6. The van der Waals surface area contributed by atoms with Gasteiger partial charge in [-0.05, 0) is 43.0 Å². The number of hydrogen-bond donors (Lipinski definition) is 0. The van der Waals surface area contributed by atoms with E-state index in [9.17, 15) is 4.79 Å². The van der Waals surface area contributed by atoms with Gasteiger partial charge in [-0.3, -0.25) is 4.79 Å². The van der Waals surface area contributed by atoms with Gasteiger partial charge in [0.05, 0.1) is 12.7 Å². The van der Waals surface area contributed by atoms with Crippen molar-refractivity contribution in [2.75, 3.05) is 14.2 Å². The Hall–Kier alpha value is -0.870. The van der Waals surface area contributed by atoms with Crippen molar-refractivity contribution in [3.8, 4) is 5.75 Å². The van der Waals surface area contributed by atoms with Crippen LogP contribution >= 0.6 is 15.9 Å². The van der Waals surface area contributed by atoms with E-state index in [1.807, 2.05) is 18.2 Å². The van der Waals surface area contributed by atoms with Crippen LogP contribution in [0.25, 0.3) is 0 Å². The maximum atomic E-state index is 12.2. The number of hydrogen-bond acceptors (Lipinski definition) is 3. The van der Waals surface area contributed by atoms with E-state index < -0.39 is 0 Å². The van der Waals surface area contributed by atoms with Crippen LogP contribution in [0.15, 0.2) is 22.7 Å². The molecule has 104 valence electrons. The summed E-state index contributed by atoms with van der Waals surface area (Å²) in [5, 5.41) is 0. The second-order valence-corrected chi connectivity index (χ2v) is 5.94. The molecule has 0 heterocycles. The molecular weight excluding hydrogens is 308 g/mol. The molecular formula is C15H19BrO3. The van der Waals surface area contributed by atoms with E-state index in [-0.39, 0.29) is 11.4 Å². The van der Waals surface area contributed by atoms with Gasteiger partial charge < -0.3 is 9.47 Å². The second kappa shape index (κ2) is 6.06. The number of benzene rings is 1. The molecule has 2 rings (SSSR count). The van der Waals surface area contributed by atoms with Crippen LogP contribution in [-0.4, -0.2) is 25.6 Å². The Morgan fingerprint density at radius 2 is 2.11 bits per heavy atom. The smallest absolute Gasteiger partial charge is 0.140 e. The fraction of sp³-hybridized carbons (Fsp3) is 0.533. The molecule has 0 aliphatic heterocycles. The van der Waals surface area contributed by atoms with Crippen molar-refractivity contribution in [3.63, 3.8) is 0 Å². The lowest BCUT2D eigenvalue weighted by atomic mass is 9.76. The van der Waals surface area contributed by atoms with Gasteiger partial charge in [-0.2, -0.15) is 0 Å². The van der Waals surface area contributed by atoms with Crippen molar-refractivity contribution in [1.82, 2.24) is 0 Å². The number of methoxy groups -OCH3 is 2. The van der Waals surface area contributed by atoms with Crippen LogP contribution in [0.5, 0.6) is 5.75 Å². The molecule has 1 aromatic rings. The van der Waals surface area contributed by atoms with Gasteiger partial charge in [0.25, 0.3) is 0 Å². The van der Waals surface area contributed by atoms with Gasteiger partial charge in [0.15, 0.2) is 0 Å². The molecule has 0 bridgehead atoms. The van der Waals surface area contributed by atoms with E-state index in [1.165, 1.54) is 0 Å². The van der Waals surface area contributed by atoms with Crippen LogP contribution in [0.1, 0.15) is 31.2 Å². The molecule has 0 amide bonds. The minimum Gasteiger partial charge on any atom is -0.497 e. The molecule has 0 aromatic heterocycles. The third kappa shape index (κ3) is 3.37. The summed E-state index contributed by atoms with van der Waals surface area (Å²) in [5.74, 6) is 0.992. The quantitative estimate of drug-likeness (QED) is 0.802. The van der Waals surface area contributed by atoms with Crippen LogP contribution in [0, 0.1) is 0 Å². The van der Waals surface area contributed by atoms with Crippen molar-refractivity contribution in [1.29, 1.82) is 0 Å². The first kappa shape index (κ1) is 14.5. The summed E-state index contributed by atoms with van der Waals surface area (Å²) in [6.45, 7) is 0. The molecule has 1 aliphatic carbocycles. The Morgan fingerprint density at radius 1 is 1.37 bits per heavy atom. The van der Waals surface area contributed by atoms with E-state index in [4.69, 9.17) is 9.47 Å². The highest BCUT2D eigenvalue weighted by molar-refractivity contribution is 9.10. The molecule has 0 radical (unpaired) electrons. The zero-order valence-electron chi connectivity index (χ0n) is 11.4. The zero-order chi connectivity index (χ0) is 13.9. The normalized spacial score (nSPS) is 16.8. The van der Waals surface area contributed by atoms with E-state index in [2.05, 4.69) is 15.9 Å². The van der Waals surface area contributed by atoms with E-state index in [0.717, 1.165) is 35.0 Å². The molecule has 3 nitrogen and oxygen atoms in total. The second-order valence-electron chi connectivity index (χ2n) is 5.09. The summed E-state index contributed by atoms with van der Waals surface area (Å²) in [5.41, 5.74) is 0.775. The van der Waals surface area contributed by atoms with Crippen LogP contribution in [-0.2, 0) is 16.0 Å². The molecule has 1 aliphatic rings. The minimum atomic E-state index is -0.192. The molecule has 19 heavy (non-hydrogen) atoms. The van der Waals surface area contributed by atoms with Crippen molar-refractivity contribution < 1.29 is 14.3 Å². The summed E-state index contributed by atoms with van der Waals surface area (Å²) in [7, 11) is 3.33. The van der Waals surface area contributed by atoms with Crippen LogP contribution in [0.2, 0.25) is 0 Å². The number of halogens is 1. The van der Waals surface area contributed by atoms with Gasteiger partial charge in [-0.15, -0.1) is 0 Å². The van der Waals surface area contributed by atoms with Gasteiger partial charge in [0.1, 0.15) is 11.5 Å². The number of ether oxygens (including phenoxy) is 2. The summed E-state index contributed by atoms with van der Waals surface area (Å²) >= 11 is 3.48. The third-order valence-corrected chi connectivity index (χ3v) is 4.63. The van der Waals surface area contributed by atoms with E-state index >= 15 is 0 Å². The lowest BCUT2D eigenvalue weighted by Gasteiger charge is -2.40. The summed E-state index contributed by atoms with van der Waals surface area (Å²) in [6.07, 6.45) is 4.07. The number of rotatable bonds is 6. The van der Waals surface area contributed by atoms with Crippen LogP contribution in [0.4, 0.5) is 0 Å². The van der Waals surface area contributed by atoms with Gasteiger partial charge in [0.2, 0.25) is 0 Å². The van der Waals surface area contributed by atoms with E-state index in [0.29, 0.717) is 12.8 Å². The Labute approximate surface area is 122 Å². The van der Waals surface area contributed by atoms with Gasteiger partial charge in [0, 0.05) is 24.4 Å². The molecule has 0 saturated heterocycles. The molecule has 1 fully saturated rings. The molecule has 0 spiro atoms. The first-order valence-corrected chi connectivity index (χ1v) is 7.27. The SMILES string of the molecule is COc1ccc(Br)c(CC(=O)CC2(OC)CCC2)c1. The first-order valence-electron chi connectivity index (χ1n) is 6.48. The fourth-order valence-corrected chi connectivity index (χ4v) is 2.86. The number of Topliss-reactive ketones (excluding diaryl/α,β-unsaturated/α-hetero) is 1. The fourth-order valence-electron chi connectivity index (χ4n) is 2.47. The van der Waals surface area contributed by atoms with Crippen molar-refractivity contribution in [2.24, 2.45) is 0 Å². The maximum absolute atomic E-state index is 12.2. The van der Waals surface area contributed by atoms with E-state index in [1.54, 1.807) is 14.2 Å². The standard InChI is InChI=1S/C15H19BrO3/c1-18-13-4-5-14(16)11(9-13)8-12(17)10-15(19-2)6-3-7-15/h4-5,9H,3,6-8,10H2,1-2H3. The predicted molar refractivity (Wildman–Crippen MR) is 77.6 cm³/mol. The zero-order valence-corrected chi connectivity index (χ0v) is 13.0. The highest BCUT2D eigenvalue weighted by Gasteiger charge is 2.38. The Balaban J connectivity index is 2.02. The maximum Gasteiger partial charge on any atom is 0.140 e. The highest BCUT2D eigenvalue weighted by atomic mass is 79.9. The Kier molecular flexibility index (Phi) is 4.63. The number of carbonyl (C=O) groups is 1. The number of ketones is 1. The Bertz CT molecular complexity index is 461. The van der Waals surface area contributed by atoms with Gasteiger partial charge in [-0.25, -0.2) is 0 Å². The van der Waals surface area contributed by atoms with Gasteiger partial charge in [-0.1, -0.05) is 15.9 Å².